The Morgan fingerprint density at radius 1 is 1.20 bits per heavy atom. The molecule has 0 bridgehead atoms. The van der Waals surface area contributed by atoms with Gasteiger partial charge in [-0.25, -0.2) is 12.8 Å². The molecule has 0 heterocycles. The number of nitrogens with zero attached hydrogens (tertiary/aromatic N) is 1. The van der Waals surface area contributed by atoms with Crippen molar-refractivity contribution in [2.75, 3.05) is 4.72 Å². The van der Waals surface area contributed by atoms with Crippen LogP contribution in [0.15, 0.2) is 47.4 Å². The van der Waals surface area contributed by atoms with Crippen LogP contribution in [0.25, 0.3) is 0 Å². The maximum absolute atomic E-state index is 13.4. The Morgan fingerprint density at radius 3 is 2.55 bits per heavy atom. The van der Waals surface area contributed by atoms with Crippen molar-refractivity contribution in [3.05, 3.63) is 58.9 Å². The Labute approximate surface area is 120 Å². The van der Waals surface area contributed by atoms with Gasteiger partial charge < -0.3 is 0 Å². The standard InChI is InChI=1S/C13H8ClFN2O2S/c14-9-3-1-4-10(7-9)17-20(18,19)13-6-2-5-12(15)11(13)8-16/h1-7,17H. The second kappa shape index (κ2) is 5.49. The van der Waals surface area contributed by atoms with Gasteiger partial charge in [0.1, 0.15) is 22.3 Å². The first-order valence-electron chi connectivity index (χ1n) is 5.41. The van der Waals surface area contributed by atoms with E-state index in [9.17, 15) is 12.8 Å². The molecule has 2 rings (SSSR count). The summed E-state index contributed by atoms with van der Waals surface area (Å²) in [6.45, 7) is 0. The molecule has 0 aliphatic heterocycles. The first kappa shape index (κ1) is 14.3. The molecule has 2 aromatic carbocycles. The number of nitrogens with one attached hydrogen (secondary N) is 1. The molecule has 1 N–H and O–H groups in total. The molecule has 0 saturated heterocycles. The number of benzene rings is 2. The van der Waals surface area contributed by atoms with Crippen LogP contribution in [-0.4, -0.2) is 8.42 Å². The van der Waals surface area contributed by atoms with Crippen LogP contribution in [0.1, 0.15) is 5.56 Å². The Morgan fingerprint density at radius 2 is 1.90 bits per heavy atom. The fourth-order valence-electron chi connectivity index (χ4n) is 1.60. The van der Waals surface area contributed by atoms with E-state index in [2.05, 4.69) is 4.72 Å². The van der Waals surface area contributed by atoms with E-state index in [4.69, 9.17) is 16.9 Å². The molecule has 0 fully saturated rings. The zero-order valence-electron chi connectivity index (χ0n) is 9.97. The van der Waals surface area contributed by atoms with E-state index >= 15 is 0 Å². The van der Waals surface area contributed by atoms with Crippen LogP contribution in [0.4, 0.5) is 10.1 Å². The maximum atomic E-state index is 13.4. The monoisotopic (exact) mass is 310 g/mol. The number of halogens is 2. The minimum Gasteiger partial charge on any atom is -0.280 e. The van der Waals surface area contributed by atoms with Crippen LogP contribution in [0.5, 0.6) is 0 Å². The van der Waals surface area contributed by atoms with E-state index in [1.807, 2.05) is 0 Å². The molecule has 0 aliphatic carbocycles. The van der Waals surface area contributed by atoms with Gasteiger partial charge in [0.05, 0.1) is 5.69 Å². The smallest absolute Gasteiger partial charge is 0.263 e. The van der Waals surface area contributed by atoms with Gasteiger partial charge in [0.25, 0.3) is 10.0 Å². The molecule has 7 heteroatoms. The highest BCUT2D eigenvalue weighted by Gasteiger charge is 2.21. The molecular formula is C13H8ClFN2O2S. The molecule has 0 atom stereocenters. The number of anilines is 1. The van der Waals surface area contributed by atoms with Crippen molar-refractivity contribution in [2.45, 2.75) is 4.90 Å². The molecule has 102 valence electrons. The predicted octanol–water partition coefficient (Wildman–Crippen LogP) is 3.15. The van der Waals surface area contributed by atoms with Gasteiger partial charge in [0, 0.05) is 5.02 Å². The molecule has 4 nitrogen and oxygen atoms in total. The van der Waals surface area contributed by atoms with Crippen molar-refractivity contribution in [3.63, 3.8) is 0 Å². The lowest BCUT2D eigenvalue weighted by Gasteiger charge is -2.09. The average Bonchev–Trinajstić information content (AvgIpc) is 2.38. The zero-order chi connectivity index (χ0) is 14.8. The minimum absolute atomic E-state index is 0.227. The summed E-state index contributed by atoms with van der Waals surface area (Å²) in [4.78, 5) is -0.417. The van der Waals surface area contributed by atoms with Gasteiger partial charge in [0.2, 0.25) is 0 Å². The van der Waals surface area contributed by atoms with E-state index < -0.39 is 26.3 Å². The van der Waals surface area contributed by atoms with Gasteiger partial charge in [-0.15, -0.1) is 0 Å². The molecule has 20 heavy (non-hydrogen) atoms. The SMILES string of the molecule is N#Cc1c(F)cccc1S(=O)(=O)Nc1cccc(Cl)c1. The van der Waals surface area contributed by atoms with E-state index in [1.165, 1.54) is 18.2 Å². The number of nitriles is 1. The number of rotatable bonds is 3. The zero-order valence-corrected chi connectivity index (χ0v) is 11.5. The highest BCUT2D eigenvalue weighted by Crippen LogP contribution is 2.22. The van der Waals surface area contributed by atoms with Crippen molar-refractivity contribution in [1.29, 1.82) is 5.26 Å². The number of hydrogen-bond donors (Lipinski definition) is 1. The molecule has 0 amide bonds. The van der Waals surface area contributed by atoms with Crippen LogP contribution in [0.2, 0.25) is 5.02 Å². The largest absolute Gasteiger partial charge is 0.280 e. The molecule has 2 aromatic rings. The highest BCUT2D eigenvalue weighted by atomic mass is 35.5. The molecule has 0 spiro atoms. The summed E-state index contributed by atoms with van der Waals surface area (Å²) >= 11 is 5.76. The van der Waals surface area contributed by atoms with Gasteiger partial charge in [-0.1, -0.05) is 23.7 Å². The summed E-state index contributed by atoms with van der Waals surface area (Å²) in [5, 5.41) is 9.22. The van der Waals surface area contributed by atoms with E-state index in [1.54, 1.807) is 18.2 Å². The third-order valence-electron chi connectivity index (χ3n) is 2.45. The van der Waals surface area contributed by atoms with Gasteiger partial charge >= 0.3 is 0 Å². The van der Waals surface area contributed by atoms with Crippen LogP contribution in [-0.2, 0) is 10.0 Å². The lowest BCUT2D eigenvalue weighted by molar-refractivity contribution is 0.593. The maximum Gasteiger partial charge on any atom is 0.263 e. The summed E-state index contributed by atoms with van der Waals surface area (Å²) in [7, 11) is -4.07. The Balaban J connectivity index is 2.47. The van der Waals surface area contributed by atoms with Gasteiger partial charge in [-0.3, -0.25) is 4.72 Å². The first-order valence-corrected chi connectivity index (χ1v) is 7.27. The van der Waals surface area contributed by atoms with Crippen molar-refractivity contribution in [2.24, 2.45) is 0 Å². The minimum atomic E-state index is -4.07. The van der Waals surface area contributed by atoms with Crippen LogP contribution >= 0.6 is 11.6 Å². The topological polar surface area (TPSA) is 70.0 Å². The predicted molar refractivity (Wildman–Crippen MR) is 73.4 cm³/mol. The number of sulfonamides is 1. The fraction of sp³-hybridized carbons (Fsp3) is 0. The van der Waals surface area contributed by atoms with Crippen LogP contribution in [0.3, 0.4) is 0 Å². The quantitative estimate of drug-likeness (QED) is 0.946. The second-order valence-corrected chi connectivity index (χ2v) is 5.93. The van der Waals surface area contributed by atoms with Crippen LogP contribution < -0.4 is 4.72 Å². The summed E-state index contributed by atoms with van der Waals surface area (Å²) in [5.41, 5.74) is -0.298. The van der Waals surface area contributed by atoms with E-state index in [0.29, 0.717) is 5.02 Å². The average molecular weight is 311 g/mol. The third-order valence-corrected chi connectivity index (χ3v) is 4.11. The molecule has 0 unspecified atom stereocenters. The van der Waals surface area contributed by atoms with Crippen LogP contribution in [0, 0.1) is 17.1 Å². The summed E-state index contributed by atoms with van der Waals surface area (Å²) < 4.78 is 40.0. The summed E-state index contributed by atoms with van der Waals surface area (Å²) in [5.74, 6) is -0.888. The van der Waals surface area contributed by atoms with E-state index in [0.717, 1.165) is 12.1 Å². The van der Waals surface area contributed by atoms with Gasteiger partial charge in [-0.05, 0) is 30.3 Å². The Hall–Kier alpha value is -2.10. The lowest BCUT2D eigenvalue weighted by atomic mass is 10.2. The lowest BCUT2D eigenvalue weighted by Crippen LogP contribution is -2.15. The highest BCUT2D eigenvalue weighted by molar-refractivity contribution is 7.92. The molecular weight excluding hydrogens is 303 g/mol. The Kier molecular flexibility index (Phi) is 3.93. The van der Waals surface area contributed by atoms with Gasteiger partial charge in [-0.2, -0.15) is 5.26 Å². The molecule has 0 saturated carbocycles. The van der Waals surface area contributed by atoms with Gasteiger partial charge in [0.15, 0.2) is 0 Å². The molecule has 0 radical (unpaired) electrons. The Bertz CT molecular complexity index is 800. The molecule has 0 aromatic heterocycles. The number of hydrogen-bond acceptors (Lipinski definition) is 3. The molecule has 0 aliphatic rings. The van der Waals surface area contributed by atoms with Crippen molar-refractivity contribution >= 4 is 27.3 Å². The van der Waals surface area contributed by atoms with Crippen molar-refractivity contribution < 1.29 is 12.8 Å². The fourth-order valence-corrected chi connectivity index (χ4v) is 3.01. The third kappa shape index (κ3) is 2.90. The second-order valence-electron chi connectivity index (χ2n) is 3.84. The summed E-state index contributed by atoms with van der Waals surface area (Å²) in [6.07, 6.45) is 0. The van der Waals surface area contributed by atoms with Crippen molar-refractivity contribution in [3.8, 4) is 6.07 Å². The normalized spacial score (nSPS) is 10.8. The summed E-state index contributed by atoms with van der Waals surface area (Å²) in [6, 6.07) is 11.0. The first-order chi connectivity index (χ1) is 9.44. The van der Waals surface area contributed by atoms with Crippen molar-refractivity contribution in [1.82, 2.24) is 0 Å². The van der Waals surface area contributed by atoms with E-state index in [-0.39, 0.29) is 5.69 Å².